The van der Waals surface area contributed by atoms with Crippen molar-refractivity contribution in [1.82, 2.24) is 15.0 Å². The molecule has 0 saturated heterocycles. The second kappa shape index (κ2) is 6.40. The van der Waals surface area contributed by atoms with E-state index in [4.69, 9.17) is 4.62 Å². The minimum Gasteiger partial charge on any atom is -0.323 e. The molecule has 9 nitrogen and oxygen atoms in total. The number of aromatic amines is 2. The summed E-state index contributed by atoms with van der Waals surface area (Å²) in [5.74, 6) is -0.596. The van der Waals surface area contributed by atoms with Crippen LogP contribution in [-0.2, 0) is 20.5 Å². The van der Waals surface area contributed by atoms with Gasteiger partial charge in [-0.05, 0) is 12.1 Å². The van der Waals surface area contributed by atoms with Crippen LogP contribution in [0, 0.1) is 0 Å². The first kappa shape index (κ1) is 17.6. The maximum absolute atomic E-state index is 11.6. The number of amides is 1. The summed E-state index contributed by atoms with van der Waals surface area (Å²) in [6, 6.07) is 3.17. The highest BCUT2D eigenvalue weighted by atomic mass is 79.9. The highest BCUT2D eigenvalue weighted by Crippen LogP contribution is 2.38. The van der Waals surface area contributed by atoms with Gasteiger partial charge in [-0.15, -0.1) is 0 Å². The molecule has 0 radical (unpaired) electrons. The fraction of sp³-hybridized carbons (Fsp3) is 0.250. The summed E-state index contributed by atoms with van der Waals surface area (Å²) in [7, 11) is -3.94. The highest BCUT2D eigenvalue weighted by molar-refractivity contribution is 9.10. The zero-order chi connectivity index (χ0) is 17.4. The molecule has 11 heteroatoms. The molecule has 0 aliphatic carbocycles. The normalized spacial score (nSPS) is 13.7. The first-order valence-electron chi connectivity index (χ1n) is 6.29. The van der Waals surface area contributed by atoms with Crippen LogP contribution in [0.2, 0.25) is 0 Å². The molecule has 0 fully saturated rings. The molecule has 1 amide bonds. The zero-order valence-electron chi connectivity index (χ0n) is 12.1. The van der Waals surface area contributed by atoms with E-state index < -0.39 is 24.6 Å². The van der Waals surface area contributed by atoms with E-state index in [2.05, 4.69) is 25.9 Å². The number of nitrogens with one attached hydrogen (secondary N) is 2. The predicted octanol–water partition coefficient (Wildman–Crippen LogP) is 1.07. The van der Waals surface area contributed by atoms with Gasteiger partial charge in [-0.1, -0.05) is 15.9 Å². The summed E-state index contributed by atoms with van der Waals surface area (Å²) in [6.45, 7) is 1.91. The first-order chi connectivity index (χ1) is 10.6. The maximum atomic E-state index is 11.6. The van der Waals surface area contributed by atoms with Crippen LogP contribution in [-0.4, -0.2) is 32.5 Å². The molecule has 0 saturated carbocycles. The summed E-state index contributed by atoms with van der Waals surface area (Å²) in [6.07, 6.45) is 0. The molecule has 0 aliphatic rings. The minimum atomic E-state index is -3.94. The molecular weight excluding hydrogens is 393 g/mol. The van der Waals surface area contributed by atoms with Gasteiger partial charge in [0.1, 0.15) is 0 Å². The van der Waals surface area contributed by atoms with Crippen molar-refractivity contribution in [3.05, 3.63) is 42.9 Å². The standard InChI is InChI=1S/C12H13BrN3O6P/c1-6(17)16(22-23(2,20)21)5-7-3-8(13)4-9-10(7)15-12(19)11(18)14-9/h3-4H,5H2,1-2H3,(H,14,18)(H,15,19)(H,20,21). The summed E-state index contributed by atoms with van der Waals surface area (Å²) in [5.41, 5.74) is -0.622. The fourth-order valence-corrected chi connectivity index (χ4v) is 2.96. The number of rotatable bonds is 4. The van der Waals surface area contributed by atoms with E-state index in [1.54, 1.807) is 12.1 Å². The molecule has 1 heterocycles. The van der Waals surface area contributed by atoms with Crippen molar-refractivity contribution in [3.8, 4) is 0 Å². The number of carbonyl (C=O) groups is 1. The van der Waals surface area contributed by atoms with E-state index >= 15 is 0 Å². The number of nitrogens with zero attached hydrogens (tertiary/aromatic N) is 1. The van der Waals surface area contributed by atoms with Crippen LogP contribution >= 0.6 is 23.5 Å². The minimum absolute atomic E-state index is 0.203. The lowest BCUT2D eigenvalue weighted by molar-refractivity contribution is -0.158. The SMILES string of the molecule is CC(=O)N(Cc1cc(Br)cc2[nH]c(=O)c(=O)[nH]c12)OP(C)(=O)O. The third-order valence-electron chi connectivity index (χ3n) is 2.79. The number of aromatic nitrogens is 2. The zero-order valence-corrected chi connectivity index (χ0v) is 14.6. The van der Waals surface area contributed by atoms with Gasteiger partial charge in [0.05, 0.1) is 17.6 Å². The number of halogens is 1. The average Bonchev–Trinajstić information content (AvgIpc) is 2.38. The molecule has 1 aromatic carbocycles. The van der Waals surface area contributed by atoms with Gasteiger partial charge in [0.25, 0.3) is 0 Å². The van der Waals surface area contributed by atoms with Crippen molar-refractivity contribution in [2.24, 2.45) is 0 Å². The Kier molecular flexibility index (Phi) is 4.90. The van der Waals surface area contributed by atoms with Gasteiger partial charge in [-0.2, -0.15) is 4.62 Å². The third-order valence-corrected chi connectivity index (χ3v) is 3.75. The lowest BCUT2D eigenvalue weighted by Gasteiger charge is -2.22. The number of hydrogen-bond donors (Lipinski definition) is 3. The van der Waals surface area contributed by atoms with E-state index in [1.807, 2.05) is 0 Å². The van der Waals surface area contributed by atoms with Gasteiger partial charge in [0.15, 0.2) is 0 Å². The first-order valence-corrected chi connectivity index (χ1v) is 9.11. The summed E-state index contributed by atoms with van der Waals surface area (Å²) >= 11 is 3.25. The van der Waals surface area contributed by atoms with Gasteiger partial charge in [0.2, 0.25) is 5.91 Å². The van der Waals surface area contributed by atoms with Crippen molar-refractivity contribution in [1.29, 1.82) is 0 Å². The van der Waals surface area contributed by atoms with E-state index in [1.165, 1.54) is 6.92 Å². The third kappa shape index (κ3) is 4.38. The summed E-state index contributed by atoms with van der Waals surface area (Å²) in [4.78, 5) is 48.6. The Balaban J connectivity index is 2.55. The molecular formula is C12H13BrN3O6P. The molecule has 1 aromatic heterocycles. The number of H-pyrrole nitrogens is 2. The Labute approximate surface area is 137 Å². The molecule has 1 atom stereocenters. The smallest absolute Gasteiger partial charge is 0.323 e. The van der Waals surface area contributed by atoms with E-state index in [0.29, 0.717) is 20.6 Å². The number of hydroxylamine groups is 2. The van der Waals surface area contributed by atoms with Gasteiger partial charge in [-0.25, -0.2) is 5.06 Å². The van der Waals surface area contributed by atoms with E-state index in [-0.39, 0.29) is 12.1 Å². The number of fused-ring (bicyclic) bond motifs is 1. The van der Waals surface area contributed by atoms with E-state index in [0.717, 1.165) is 6.66 Å². The highest BCUT2D eigenvalue weighted by Gasteiger charge is 2.21. The van der Waals surface area contributed by atoms with Crippen LogP contribution in [0.3, 0.4) is 0 Å². The number of hydrogen-bond acceptors (Lipinski definition) is 5. The fourth-order valence-electron chi connectivity index (χ4n) is 1.92. The molecule has 1 unspecified atom stereocenters. The van der Waals surface area contributed by atoms with Crippen LogP contribution in [0.15, 0.2) is 26.2 Å². The molecule has 2 aromatic rings. The molecule has 3 N–H and O–H groups in total. The van der Waals surface area contributed by atoms with E-state index in [9.17, 15) is 23.8 Å². The molecule has 0 aliphatic heterocycles. The molecule has 0 spiro atoms. The Morgan fingerprint density at radius 3 is 2.52 bits per heavy atom. The topological polar surface area (TPSA) is 133 Å². The predicted molar refractivity (Wildman–Crippen MR) is 85.9 cm³/mol. The van der Waals surface area contributed by atoms with Crippen LogP contribution < -0.4 is 11.1 Å². The monoisotopic (exact) mass is 405 g/mol. The van der Waals surface area contributed by atoms with Crippen LogP contribution in [0.25, 0.3) is 11.0 Å². The van der Waals surface area contributed by atoms with Crippen LogP contribution in [0.4, 0.5) is 0 Å². The van der Waals surface area contributed by atoms with Crippen LogP contribution in [0.5, 0.6) is 0 Å². The largest absolute Gasteiger partial charge is 0.346 e. The lowest BCUT2D eigenvalue weighted by atomic mass is 10.1. The van der Waals surface area contributed by atoms with Gasteiger partial charge < -0.3 is 14.9 Å². The van der Waals surface area contributed by atoms with Crippen molar-refractivity contribution < 1.29 is 18.9 Å². The quantitative estimate of drug-likeness (QED) is 0.396. The Hall–Kier alpha value is -1.74. The second-order valence-electron chi connectivity index (χ2n) is 4.84. The Morgan fingerprint density at radius 2 is 1.96 bits per heavy atom. The average molecular weight is 406 g/mol. The maximum Gasteiger partial charge on any atom is 0.346 e. The van der Waals surface area contributed by atoms with Gasteiger partial charge in [0, 0.05) is 23.6 Å². The lowest BCUT2D eigenvalue weighted by Crippen LogP contribution is -2.30. The number of benzene rings is 1. The summed E-state index contributed by atoms with van der Waals surface area (Å²) < 4.78 is 16.7. The Morgan fingerprint density at radius 1 is 1.35 bits per heavy atom. The number of carbonyl (C=O) groups excluding carboxylic acids is 1. The molecule has 23 heavy (non-hydrogen) atoms. The summed E-state index contributed by atoms with van der Waals surface area (Å²) in [5, 5.41) is 0.714. The van der Waals surface area contributed by atoms with Gasteiger partial charge in [-0.3, -0.25) is 18.9 Å². The second-order valence-corrected chi connectivity index (χ2v) is 7.52. The van der Waals surface area contributed by atoms with Crippen molar-refractivity contribution in [2.45, 2.75) is 13.5 Å². The van der Waals surface area contributed by atoms with Crippen molar-refractivity contribution in [2.75, 3.05) is 6.66 Å². The van der Waals surface area contributed by atoms with Crippen molar-refractivity contribution >= 4 is 40.5 Å². The molecule has 124 valence electrons. The Bertz CT molecular complexity index is 931. The van der Waals surface area contributed by atoms with Gasteiger partial charge >= 0.3 is 18.7 Å². The van der Waals surface area contributed by atoms with Crippen LogP contribution in [0.1, 0.15) is 12.5 Å². The molecule has 2 rings (SSSR count). The van der Waals surface area contributed by atoms with Crippen molar-refractivity contribution in [3.63, 3.8) is 0 Å². The molecule has 0 bridgehead atoms.